The van der Waals surface area contributed by atoms with Crippen molar-refractivity contribution in [3.63, 3.8) is 0 Å². The van der Waals surface area contributed by atoms with Crippen LogP contribution in [0.4, 0.5) is 4.39 Å². The highest BCUT2D eigenvalue weighted by Gasteiger charge is 2.23. The van der Waals surface area contributed by atoms with Gasteiger partial charge in [0.05, 0.1) is 5.69 Å². The van der Waals surface area contributed by atoms with Crippen LogP contribution in [0.3, 0.4) is 0 Å². The molecule has 1 N–H and O–H groups in total. The van der Waals surface area contributed by atoms with Gasteiger partial charge in [-0.05, 0) is 19.2 Å². The zero-order valence-corrected chi connectivity index (χ0v) is 13.7. The van der Waals surface area contributed by atoms with Crippen molar-refractivity contribution in [1.29, 1.82) is 0 Å². The van der Waals surface area contributed by atoms with E-state index in [1.165, 1.54) is 10.9 Å². The number of nitrogens with one attached hydrogen (secondary N) is 1. The molecule has 0 fully saturated rings. The van der Waals surface area contributed by atoms with E-state index in [2.05, 4.69) is 31.1 Å². The smallest absolute Gasteiger partial charge is 0.165 e. The predicted octanol–water partition coefficient (Wildman–Crippen LogP) is 3.88. The maximum Gasteiger partial charge on any atom is 0.165 e. The van der Waals surface area contributed by atoms with E-state index in [9.17, 15) is 4.39 Å². The summed E-state index contributed by atoms with van der Waals surface area (Å²) in [4.78, 5) is 5.88. The third kappa shape index (κ3) is 4.02. The first-order valence-corrected chi connectivity index (χ1v) is 7.74. The van der Waals surface area contributed by atoms with E-state index in [0.29, 0.717) is 6.61 Å². The second-order valence-electron chi connectivity index (χ2n) is 5.88. The summed E-state index contributed by atoms with van der Waals surface area (Å²) < 4.78 is 19.1. The fraction of sp³-hybridized carbons (Fsp3) is 0.438. The Morgan fingerprint density at radius 3 is 2.62 bits per heavy atom. The van der Waals surface area contributed by atoms with Crippen molar-refractivity contribution in [1.82, 2.24) is 10.3 Å². The average Bonchev–Trinajstić information content (AvgIpc) is 2.81. The molecule has 5 heteroatoms. The standard InChI is InChI=1S/C16H21FN2OS/c1-16(2,3)15-13(9-18-4)21-14(19-15)10-20-12-8-6-5-7-11(12)17/h5-8,18H,9-10H2,1-4H3. The van der Waals surface area contributed by atoms with E-state index in [1.807, 2.05) is 7.05 Å². The molecule has 1 aromatic carbocycles. The van der Waals surface area contributed by atoms with Crippen LogP contribution in [-0.4, -0.2) is 12.0 Å². The molecule has 0 atom stereocenters. The van der Waals surface area contributed by atoms with Crippen molar-refractivity contribution in [3.8, 4) is 5.75 Å². The van der Waals surface area contributed by atoms with Crippen molar-refractivity contribution in [3.05, 3.63) is 45.7 Å². The molecule has 2 rings (SSSR count). The molecule has 0 aliphatic carbocycles. The molecule has 2 aromatic rings. The lowest BCUT2D eigenvalue weighted by molar-refractivity contribution is 0.289. The fourth-order valence-electron chi connectivity index (χ4n) is 2.03. The van der Waals surface area contributed by atoms with E-state index < -0.39 is 0 Å². The van der Waals surface area contributed by atoms with E-state index in [0.717, 1.165) is 17.2 Å². The molecule has 0 radical (unpaired) electrons. The highest BCUT2D eigenvalue weighted by Crippen LogP contribution is 2.30. The number of aromatic nitrogens is 1. The van der Waals surface area contributed by atoms with Crippen LogP contribution in [0.5, 0.6) is 5.75 Å². The molecule has 0 saturated carbocycles. The van der Waals surface area contributed by atoms with Crippen molar-refractivity contribution in [2.75, 3.05) is 7.05 Å². The van der Waals surface area contributed by atoms with Gasteiger partial charge in [-0.2, -0.15) is 0 Å². The van der Waals surface area contributed by atoms with Gasteiger partial charge in [0.25, 0.3) is 0 Å². The minimum atomic E-state index is -0.347. The predicted molar refractivity (Wildman–Crippen MR) is 84.3 cm³/mol. The van der Waals surface area contributed by atoms with E-state index in [1.54, 1.807) is 29.5 Å². The first-order chi connectivity index (χ1) is 9.91. The van der Waals surface area contributed by atoms with Gasteiger partial charge in [-0.15, -0.1) is 11.3 Å². The van der Waals surface area contributed by atoms with Crippen LogP contribution >= 0.6 is 11.3 Å². The van der Waals surface area contributed by atoms with Gasteiger partial charge in [0.2, 0.25) is 0 Å². The van der Waals surface area contributed by atoms with Gasteiger partial charge in [0, 0.05) is 16.8 Å². The van der Waals surface area contributed by atoms with Crippen LogP contribution in [0.1, 0.15) is 36.3 Å². The van der Waals surface area contributed by atoms with Crippen molar-refractivity contribution >= 4 is 11.3 Å². The maximum atomic E-state index is 13.5. The molecule has 1 aromatic heterocycles. The molecule has 0 spiro atoms. The van der Waals surface area contributed by atoms with Gasteiger partial charge in [0.15, 0.2) is 11.6 Å². The van der Waals surface area contributed by atoms with Gasteiger partial charge < -0.3 is 10.1 Å². The normalized spacial score (nSPS) is 11.7. The molecule has 21 heavy (non-hydrogen) atoms. The number of hydrogen-bond acceptors (Lipinski definition) is 4. The van der Waals surface area contributed by atoms with Crippen LogP contribution < -0.4 is 10.1 Å². The summed E-state index contributed by atoms with van der Waals surface area (Å²) in [6, 6.07) is 6.42. The summed E-state index contributed by atoms with van der Waals surface area (Å²) in [6.45, 7) is 7.50. The SMILES string of the molecule is CNCc1sc(COc2ccccc2F)nc1C(C)(C)C. The van der Waals surface area contributed by atoms with Crippen LogP contribution in [0.2, 0.25) is 0 Å². The van der Waals surface area contributed by atoms with Gasteiger partial charge in [0.1, 0.15) is 11.6 Å². The van der Waals surface area contributed by atoms with Crippen molar-refractivity contribution < 1.29 is 9.13 Å². The Labute approximate surface area is 129 Å². The molecule has 3 nitrogen and oxygen atoms in total. The molecule has 0 bridgehead atoms. The lowest BCUT2D eigenvalue weighted by Crippen LogP contribution is -2.16. The number of ether oxygens (including phenoxy) is 1. The monoisotopic (exact) mass is 308 g/mol. The Balaban J connectivity index is 2.16. The quantitative estimate of drug-likeness (QED) is 0.910. The Bertz CT molecular complexity index is 605. The van der Waals surface area contributed by atoms with Crippen LogP contribution in [0.15, 0.2) is 24.3 Å². The summed E-state index contributed by atoms with van der Waals surface area (Å²) >= 11 is 1.61. The molecular weight excluding hydrogens is 287 g/mol. The molecular formula is C16H21FN2OS. The summed E-state index contributed by atoms with van der Waals surface area (Å²) in [5, 5.41) is 4.03. The number of thiazole rings is 1. The van der Waals surface area contributed by atoms with Crippen molar-refractivity contribution in [2.24, 2.45) is 0 Å². The Morgan fingerprint density at radius 1 is 1.29 bits per heavy atom. The zero-order valence-electron chi connectivity index (χ0n) is 12.9. The Hall–Kier alpha value is -1.46. The molecule has 114 valence electrons. The number of rotatable bonds is 5. The minimum absolute atomic E-state index is 0.0150. The number of benzene rings is 1. The number of nitrogens with zero attached hydrogens (tertiary/aromatic N) is 1. The van der Waals surface area contributed by atoms with Crippen LogP contribution in [0.25, 0.3) is 0 Å². The highest BCUT2D eigenvalue weighted by molar-refractivity contribution is 7.11. The molecule has 0 aliphatic rings. The second-order valence-corrected chi connectivity index (χ2v) is 7.05. The topological polar surface area (TPSA) is 34.1 Å². The lowest BCUT2D eigenvalue weighted by atomic mass is 9.91. The third-order valence-electron chi connectivity index (χ3n) is 2.98. The average molecular weight is 308 g/mol. The molecule has 1 heterocycles. The second kappa shape index (κ2) is 6.54. The van der Waals surface area contributed by atoms with Crippen molar-refractivity contribution in [2.45, 2.75) is 39.3 Å². The largest absolute Gasteiger partial charge is 0.483 e. The van der Waals surface area contributed by atoms with E-state index in [-0.39, 0.29) is 17.0 Å². The molecule has 0 amide bonds. The summed E-state index contributed by atoms with van der Waals surface area (Å²) in [7, 11) is 1.92. The Morgan fingerprint density at radius 2 is 2.00 bits per heavy atom. The van der Waals surface area contributed by atoms with E-state index in [4.69, 9.17) is 4.74 Å². The van der Waals surface area contributed by atoms with Crippen LogP contribution in [-0.2, 0) is 18.6 Å². The fourth-order valence-corrected chi connectivity index (χ4v) is 3.23. The lowest BCUT2D eigenvalue weighted by Gasteiger charge is -2.17. The van der Waals surface area contributed by atoms with Gasteiger partial charge in [-0.1, -0.05) is 32.9 Å². The number of para-hydroxylation sites is 1. The molecule has 0 saturated heterocycles. The first-order valence-electron chi connectivity index (χ1n) is 6.93. The summed E-state index contributed by atoms with van der Waals surface area (Å²) in [6.07, 6.45) is 0. The number of hydrogen-bond donors (Lipinski definition) is 1. The molecule has 0 unspecified atom stereocenters. The van der Waals surface area contributed by atoms with Gasteiger partial charge in [-0.3, -0.25) is 0 Å². The minimum Gasteiger partial charge on any atom is -0.483 e. The van der Waals surface area contributed by atoms with Crippen LogP contribution in [0, 0.1) is 5.82 Å². The van der Waals surface area contributed by atoms with Gasteiger partial charge >= 0.3 is 0 Å². The Kier molecular flexibility index (Phi) is 4.96. The van der Waals surface area contributed by atoms with E-state index >= 15 is 0 Å². The summed E-state index contributed by atoms with van der Waals surface area (Å²) in [5.41, 5.74) is 1.06. The summed E-state index contributed by atoms with van der Waals surface area (Å²) in [5.74, 6) is -0.0827. The number of halogens is 1. The highest BCUT2D eigenvalue weighted by atomic mass is 32.1. The third-order valence-corrected chi connectivity index (χ3v) is 4.01. The molecule has 0 aliphatic heterocycles. The maximum absolute atomic E-state index is 13.5. The zero-order chi connectivity index (χ0) is 15.5. The van der Waals surface area contributed by atoms with Gasteiger partial charge in [-0.25, -0.2) is 9.37 Å². The first kappa shape index (κ1) is 15.9.